The smallest absolute Gasteiger partial charge is 0.220 e. The van der Waals surface area contributed by atoms with Crippen LogP contribution in [0.4, 0.5) is 5.82 Å². The highest BCUT2D eigenvalue weighted by molar-refractivity contribution is 5.81. The van der Waals surface area contributed by atoms with Crippen molar-refractivity contribution in [1.29, 1.82) is 0 Å². The number of nitrogen functional groups attached to an aromatic ring is 1. The molecule has 0 unspecified atom stereocenters. The molecule has 1 aliphatic heterocycles. The van der Waals surface area contributed by atoms with Crippen molar-refractivity contribution >= 4 is 28.9 Å². The predicted molar refractivity (Wildman–Crippen MR) is 89.6 cm³/mol. The molecule has 0 aromatic carbocycles. The van der Waals surface area contributed by atoms with Crippen LogP contribution in [0, 0.1) is 0 Å². The molecular weight excluding hydrogens is 374 g/mol. The average molecular weight is 395 g/mol. The topological polar surface area (TPSA) is 216 Å². The van der Waals surface area contributed by atoms with Gasteiger partial charge in [-0.1, -0.05) is 0 Å². The Kier molecular flexibility index (Phi) is 5.69. The second-order valence-corrected chi connectivity index (χ2v) is 6.49. The van der Waals surface area contributed by atoms with Crippen LogP contribution in [0.25, 0.3) is 11.2 Å². The Hall–Kier alpha value is -2.87. The van der Waals surface area contributed by atoms with Crippen LogP contribution < -0.4 is 21.9 Å². The van der Waals surface area contributed by atoms with Crippen molar-refractivity contribution in [2.24, 2.45) is 0 Å². The lowest BCUT2D eigenvalue weighted by molar-refractivity contribution is -0.438. The molecule has 1 fully saturated rings. The van der Waals surface area contributed by atoms with Crippen LogP contribution in [-0.2, 0) is 14.3 Å². The van der Waals surface area contributed by atoms with Gasteiger partial charge in [0.05, 0.1) is 12.3 Å². The number of aromatic nitrogens is 4. The average Bonchev–Trinajstić information content (AvgIpc) is 3.21. The number of hydrogen-bond donors (Lipinski definition) is 5. The molecule has 1 aliphatic rings. The van der Waals surface area contributed by atoms with Crippen LogP contribution in [0.5, 0.6) is 0 Å². The summed E-state index contributed by atoms with van der Waals surface area (Å²) in [5.74, 6) is -1.59. The van der Waals surface area contributed by atoms with E-state index in [-0.39, 0.29) is 25.2 Å². The molecule has 3 rings (SSSR count). The highest BCUT2D eigenvalue weighted by Gasteiger charge is 2.44. The first kappa shape index (κ1) is 19.9. The van der Waals surface area contributed by atoms with Crippen LogP contribution in [0.2, 0.25) is 0 Å². The van der Waals surface area contributed by atoms with Crippen LogP contribution in [0.1, 0.15) is 19.1 Å². The maximum atomic E-state index is 11.8. The van der Waals surface area contributed by atoms with Gasteiger partial charge in [-0.2, -0.15) is 0 Å². The number of aliphatic hydroxyl groups is 2. The van der Waals surface area contributed by atoms with E-state index >= 15 is 0 Å². The Balaban J connectivity index is 1.62. The minimum absolute atomic E-state index is 0.0235. The molecule has 0 saturated carbocycles. The van der Waals surface area contributed by atoms with Crippen molar-refractivity contribution in [1.82, 2.24) is 24.8 Å². The molecule has 1 amide bonds. The van der Waals surface area contributed by atoms with Crippen LogP contribution in [0.15, 0.2) is 12.7 Å². The molecule has 1 saturated heterocycles. The predicted octanol–water partition coefficient (Wildman–Crippen LogP) is -4.72. The van der Waals surface area contributed by atoms with Gasteiger partial charge in [0.25, 0.3) is 0 Å². The summed E-state index contributed by atoms with van der Waals surface area (Å²) in [6, 6.07) is -0.991. The summed E-state index contributed by atoms with van der Waals surface area (Å²) in [7, 11) is 0. The summed E-state index contributed by atoms with van der Waals surface area (Å²) in [5.41, 5.74) is 9.77. The highest BCUT2D eigenvalue weighted by atomic mass is 16.6. The molecule has 152 valence electrons. The van der Waals surface area contributed by atoms with Gasteiger partial charge >= 0.3 is 0 Å². The molecule has 13 heteroatoms. The third kappa shape index (κ3) is 3.87. The zero-order valence-electron chi connectivity index (χ0n) is 14.8. The van der Waals surface area contributed by atoms with E-state index in [9.17, 15) is 24.9 Å². The fourth-order valence-electron chi connectivity index (χ4n) is 2.91. The molecule has 13 nitrogen and oxygen atoms in total. The monoisotopic (exact) mass is 395 g/mol. The number of hydrogen-bond acceptors (Lipinski definition) is 10. The first-order valence-electron chi connectivity index (χ1n) is 8.54. The number of carboxylic acid groups (broad SMARTS) is 1. The molecule has 2 aromatic heterocycles. The van der Waals surface area contributed by atoms with Crippen molar-refractivity contribution in [3.63, 3.8) is 0 Å². The quantitative estimate of drug-likeness (QED) is 0.301. The number of carbonyl (C=O) groups excluding carboxylic acids is 2. The maximum absolute atomic E-state index is 11.8. The van der Waals surface area contributed by atoms with Gasteiger partial charge in [-0.3, -0.25) is 9.36 Å². The Morgan fingerprint density at radius 1 is 1.36 bits per heavy atom. The lowest BCUT2D eigenvalue weighted by Gasteiger charge is -2.16. The second-order valence-electron chi connectivity index (χ2n) is 6.49. The molecule has 0 aliphatic carbocycles. The number of nitrogens with zero attached hydrogens (tertiary/aromatic N) is 4. The normalized spacial score (nSPS) is 25.7. The standard InChI is InChI=1S/C15H21N7O6/c16-6(15(26)27)1-2-8(23)18-3-7-10(24)11(25)14(28-7)22-5-21-9-12(17)19-4-20-13(9)22/h4-7,10-11,14,24-25H,1-3,16H2,(H,18,23)(H,26,27)(H2,17,19,20)/t6-,7+,10+,11+,14+/m0/s1. The van der Waals surface area contributed by atoms with Crippen molar-refractivity contribution in [3.05, 3.63) is 12.7 Å². The molecule has 2 aromatic rings. The molecule has 0 radical (unpaired) electrons. The maximum Gasteiger partial charge on any atom is 0.220 e. The van der Waals surface area contributed by atoms with E-state index in [1.165, 1.54) is 17.2 Å². The molecular formula is C15H21N7O6. The highest BCUT2D eigenvalue weighted by Crippen LogP contribution is 2.31. The number of imidazole rings is 1. The number of aliphatic hydroxyl groups excluding tert-OH is 2. The number of quaternary nitrogens is 1. The van der Waals surface area contributed by atoms with Gasteiger partial charge in [0.2, 0.25) is 5.91 Å². The fraction of sp³-hybridized carbons (Fsp3) is 0.533. The van der Waals surface area contributed by atoms with Crippen molar-refractivity contribution in [2.75, 3.05) is 12.3 Å². The van der Waals surface area contributed by atoms with Crippen molar-refractivity contribution in [3.8, 4) is 0 Å². The molecule has 0 spiro atoms. The van der Waals surface area contributed by atoms with E-state index in [1.807, 2.05) is 0 Å². The Morgan fingerprint density at radius 2 is 2.11 bits per heavy atom. The molecule has 3 heterocycles. The van der Waals surface area contributed by atoms with E-state index in [4.69, 9.17) is 10.5 Å². The summed E-state index contributed by atoms with van der Waals surface area (Å²) in [5, 5.41) is 33.7. The fourth-order valence-corrected chi connectivity index (χ4v) is 2.91. The lowest BCUT2D eigenvalue weighted by Crippen LogP contribution is -2.68. The summed E-state index contributed by atoms with van der Waals surface area (Å²) in [6.07, 6.45) is -1.88. The largest absolute Gasteiger partial charge is 0.544 e. The summed E-state index contributed by atoms with van der Waals surface area (Å²) >= 11 is 0. The van der Waals surface area contributed by atoms with Gasteiger partial charge in [0.15, 0.2) is 17.7 Å². The number of ether oxygens (including phenoxy) is 1. The molecule has 0 bridgehead atoms. The molecule has 28 heavy (non-hydrogen) atoms. The third-order valence-electron chi connectivity index (χ3n) is 4.55. The number of carbonyl (C=O) groups is 2. The van der Waals surface area contributed by atoms with E-state index in [0.717, 1.165) is 0 Å². The Labute approximate surface area is 158 Å². The third-order valence-corrected chi connectivity index (χ3v) is 4.55. The molecule has 8 N–H and O–H groups in total. The summed E-state index contributed by atoms with van der Waals surface area (Å²) in [6.45, 7) is -0.0789. The number of amides is 1. The van der Waals surface area contributed by atoms with Gasteiger partial charge in [-0.15, -0.1) is 0 Å². The SMILES string of the molecule is Nc1ncnc2c1ncn2[C@@H]1O[C@H](CNC(=O)CC[C@H]([NH3+])C(=O)[O-])[C@@H](O)[C@H]1O. The Morgan fingerprint density at radius 3 is 2.82 bits per heavy atom. The van der Waals surface area contributed by atoms with Crippen molar-refractivity contribution < 1.29 is 35.4 Å². The number of rotatable bonds is 7. The van der Waals surface area contributed by atoms with E-state index in [0.29, 0.717) is 11.2 Å². The Bertz CT molecular complexity index is 874. The number of fused-ring (bicyclic) bond motifs is 1. The second kappa shape index (κ2) is 8.02. The van der Waals surface area contributed by atoms with Gasteiger partial charge in [-0.25, -0.2) is 15.0 Å². The zero-order chi connectivity index (χ0) is 20.4. The number of carboxylic acids is 1. The van der Waals surface area contributed by atoms with Crippen LogP contribution in [0.3, 0.4) is 0 Å². The number of nitrogens with one attached hydrogen (secondary N) is 1. The zero-order valence-corrected chi connectivity index (χ0v) is 14.8. The lowest BCUT2D eigenvalue weighted by atomic mass is 10.1. The van der Waals surface area contributed by atoms with E-state index < -0.39 is 42.5 Å². The molecule has 5 atom stereocenters. The van der Waals surface area contributed by atoms with E-state index in [1.54, 1.807) is 0 Å². The van der Waals surface area contributed by atoms with Gasteiger partial charge in [0.1, 0.15) is 36.2 Å². The van der Waals surface area contributed by atoms with Gasteiger partial charge in [-0.05, 0) is 0 Å². The van der Waals surface area contributed by atoms with Crippen LogP contribution in [-0.4, -0.2) is 72.5 Å². The van der Waals surface area contributed by atoms with Gasteiger partial charge in [0, 0.05) is 19.4 Å². The van der Waals surface area contributed by atoms with E-state index in [2.05, 4.69) is 26.0 Å². The first-order valence-corrected chi connectivity index (χ1v) is 8.54. The first-order chi connectivity index (χ1) is 13.3. The van der Waals surface area contributed by atoms with Gasteiger partial charge < -0.3 is 41.6 Å². The van der Waals surface area contributed by atoms with Crippen LogP contribution >= 0.6 is 0 Å². The van der Waals surface area contributed by atoms with Crippen molar-refractivity contribution in [2.45, 2.75) is 43.4 Å². The number of aliphatic carboxylic acids is 1. The number of nitrogens with two attached hydrogens (primary N) is 1. The number of anilines is 1. The minimum Gasteiger partial charge on any atom is -0.544 e. The minimum atomic E-state index is -1.33. The summed E-state index contributed by atoms with van der Waals surface area (Å²) in [4.78, 5) is 34.4. The summed E-state index contributed by atoms with van der Waals surface area (Å²) < 4.78 is 7.11.